The number of methoxy groups -OCH3 is 1. The van der Waals surface area contributed by atoms with Crippen molar-refractivity contribution >= 4 is 11.6 Å². The Morgan fingerprint density at radius 1 is 1.44 bits per heavy atom. The minimum absolute atomic E-state index is 0.365. The molecule has 1 N–H and O–H groups in total. The molecule has 0 spiro atoms. The van der Waals surface area contributed by atoms with Crippen molar-refractivity contribution in [3.63, 3.8) is 0 Å². The minimum Gasteiger partial charge on any atom is -0.383 e. The van der Waals surface area contributed by atoms with Crippen LogP contribution in [-0.4, -0.2) is 19.8 Å². The summed E-state index contributed by atoms with van der Waals surface area (Å²) in [5.74, 6) is 0.790. The zero-order valence-corrected chi connectivity index (χ0v) is 11.9. The van der Waals surface area contributed by atoms with Gasteiger partial charge in [-0.05, 0) is 42.9 Å². The van der Waals surface area contributed by atoms with Crippen LogP contribution >= 0.6 is 11.6 Å². The van der Waals surface area contributed by atoms with Crippen molar-refractivity contribution in [1.82, 2.24) is 5.32 Å². The Labute approximate surface area is 115 Å². The van der Waals surface area contributed by atoms with E-state index in [2.05, 4.69) is 24.4 Å². The summed E-state index contributed by atoms with van der Waals surface area (Å²) in [6, 6.07) is 8.97. The van der Waals surface area contributed by atoms with Crippen molar-refractivity contribution in [3.05, 3.63) is 34.9 Å². The summed E-state index contributed by atoms with van der Waals surface area (Å²) in [5.41, 5.74) is 1.27. The molecule has 2 unspecified atom stereocenters. The molecule has 1 aliphatic rings. The first kappa shape index (κ1) is 13.9. The monoisotopic (exact) mass is 267 g/mol. The average Bonchev–Trinajstić information content (AvgIpc) is 3.18. The first-order valence-electron chi connectivity index (χ1n) is 6.75. The molecule has 2 atom stereocenters. The zero-order valence-electron chi connectivity index (χ0n) is 11.2. The first-order valence-corrected chi connectivity index (χ1v) is 7.12. The summed E-state index contributed by atoms with van der Waals surface area (Å²) in [6.45, 7) is 3.00. The molecule has 0 aromatic heterocycles. The molecule has 0 saturated heterocycles. The molecule has 1 saturated carbocycles. The lowest BCUT2D eigenvalue weighted by Crippen LogP contribution is -2.37. The second-order valence-electron chi connectivity index (χ2n) is 5.08. The van der Waals surface area contributed by atoms with Gasteiger partial charge in [0.2, 0.25) is 0 Å². The van der Waals surface area contributed by atoms with Crippen molar-refractivity contribution < 1.29 is 4.74 Å². The van der Waals surface area contributed by atoms with Crippen LogP contribution in [0.5, 0.6) is 0 Å². The van der Waals surface area contributed by atoms with Crippen LogP contribution in [0.4, 0.5) is 0 Å². The van der Waals surface area contributed by atoms with Gasteiger partial charge in [0.25, 0.3) is 0 Å². The van der Waals surface area contributed by atoms with Crippen LogP contribution in [0, 0.1) is 5.92 Å². The topological polar surface area (TPSA) is 21.3 Å². The highest BCUT2D eigenvalue weighted by molar-refractivity contribution is 6.30. The summed E-state index contributed by atoms with van der Waals surface area (Å²) in [6.07, 6.45) is 3.72. The van der Waals surface area contributed by atoms with E-state index in [1.807, 2.05) is 12.1 Å². The molecule has 1 fully saturated rings. The molecule has 1 aromatic rings. The van der Waals surface area contributed by atoms with Gasteiger partial charge in [0.1, 0.15) is 0 Å². The molecule has 1 aromatic carbocycles. The van der Waals surface area contributed by atoms with Crippen LogP contribution in [0.15, 0.2) is 24.3 Å². The van der Waals surface area contributed by atoms with Gasteiger partial charge in [0.05, 0.1) is 6.61 Å². The minimum atomic E-state index is 0.365. The number of hydrogen-bond donors (Lipinski definition) is 1. The maximum Gasteiger partial charge on any atom is 0.0618 e. The Morgan fingerprint density at radius 3 is 2.78 bits per heavy atom. The second-order valence-corrected chi connectivity index (χ2v) is 5.52. The second kappa shape index (κ2) is 6.55. The van der Waals surface area contributed by atoms with E-state index in [9.17, 15) is 0 Å². The van der Waals surface area contributed by atoms with Crippen LogP contribution in [0.25, 0.3) is 0 Å². The van der Waals surface area contributed by atoms with Crippen molar-refractivity contribution in [3.8, 4) is 0 Å². The van der Waals surface area contributed by atoms with Crippen LogP contribution in [-0.2, 0) is 4.74 Å². The highest BCUT2D eigenvalue weighted by Crippen LogP contribution is 2.34. The van der Waals surface area contributed by atoms with Gasteiger partial charge in [0.15, 0.2) is 0 Å². The van der Waals surface area contributed by atoms with Crippen molar-refractivity contribution in [2.75, 3.05) is 13.7 Å². The molecule has 2 rings (SSSR count). The van der Waals surface area contributed by atoms with Gasteiger partial charge < -0.3 is 10.1 Å². The number of hydrogen-bond acceptors (Lipinski definition) is 2. The summed E-state index contributed by atoms with van der Waals surface area (Å²) < 4.78 is 5.32. The van der Waals surface area contributed by atoms with Crippen LogP contribution in [0.3, 0.4) is 0 Å². The quantitative estimate of drug-likeness (QED) is 0.811. The third kappa shape index (κ3) is 3.71. The normalized spacial score (nSPS) is 18.6. The van der Waals surface area contributed by atoms with Gasteiger partial charge in [-0.3, -0.25) is 0 Å². The smallest absolute Gasteiger partial charge is 0.0618 e. The van der Waals surface area contributed by atoms with Crippen molar-refractivity contribution in [2.45, 2.75) is 38.3 Å². The average molecular weight is 268 g/mol. The highest BCUT2D eigenvalue weighted by Gasteiger charge is 2.32. The van der Waals surface area contributed by atoms with E-state index >= 15 is 0 Å². The lowest BCUT2D eigenvalue weighted by molar-refractivity contribution is 0.150. The molecule has 100 valence electrons. The Morgan fingerprint density at radius 2 is 2.22 bits per heavy atom. The summed E-state index contributed by atoms with van der Waals surface area (Å²) >= 11 is 6.07. The number of ether oxygens (including phenoxy) is 1. The largest absolute Gasteiger partial charge is 0.383 e. The third-order valence-electron chi connectivity index (χ3n) is 3.61. The van der Waals surface area contributed by atoms with Crippen molar-refractivity contribution in [2.24, 2.45) is 5.92 Å². The standard InChI is InChI=1S/C15H22ClNO/c1-3-14(12-5-4-6-13(16)9-12)17-15(10-18-2)11-7-8-11/h4-6,9,11,14-15,17H,3,7-8,10H2,1-2H3. The van der Waals surface area contributed by atoms with E-state index in [0.29, 0.717) is 12.1 Å². The molecular weight excluding hydrogens is 246 g/mol. The third-order valence-corrected chi connectivity index (χ3v) is 3.85. The van der Waals surface area contributed by atoms with Gasteiger partial charge in [-0.15, -0.1) is 0 Å². The predicted octanol–water partition coefficient (Wildman–Crippen LogP) is 3.81. The Bertz CT molecular complexity index is 379. The lowest BCUT2D eigenvalue weighted by atomic mass is 10.0. The van der Waals surface area contributed by atoms with Gasteiger partial charge >= 0.3 is 0 Å². The maximum absolute atomic E-state index is 6.07. The molecule has 1 aliphatic carbocycles. The number of rotatable bonds is 7. The zero-order chi connectivity index (χ0) is 13.0. The molecule has 3 heteroatoms. The molecule has 18 heavy (non-hydrogen) atoms. The molecule has 2 nitrogen and oxygen atoms in total. The Balaban J connectivity index is 2.03. The first-order chi connectivity index (χ1) is 8.74. The molecule has 0 radical (unpaired) electrons. The van der Waals surface area contributed by atoms with Crippen LogP contribution < -0.4 is 5.32 Å². The van der Waals surface area contributed by atoms with E-state index < -0.39 is 0 Å². The van der Waals surface area contributed by atoms with Crippen molar-refractivity contribution in [1.29, 1.82) is 0 Å². The van der Waals surface area contributed by atoms with Gasteiger partial charge in [-0.1, -0.05) is 30.7 Å². The Kier molecular flexibility index (Phi) is 5.04. The fourth-order valence-electron chi connectivity index (χ4n) is 2.43. The predicted molar refractivity (Wildman–Crippen MR) is 76.0 cm³/mol. The summed E-state index contributed by atoms with van der Waals surface area (Å²) in [7, 11) is 1.78. The summed E-state index contributed by atoms with van der Waals surface area (Å²) in [5, 5.41) is 4.53. The summed E-state index contributed by atoms with van der Waals surface area (Å²) in [4.78, 5) is 0. The lowest BCUT2D eigenvalue weighted by Gasteiger charge is -2.25. The number of halogens is 1. The molecule has 0 heterocycles. The van der Waals surface area contributed by atoms with E-state index in [4.69, 9.17) is 16.3 Å². The fourth-order valence-corrected chi connectivity index (χ4v) is 2.63. The molecule has 0 amide bonds. The number of nitrogens with one attached hydrogen (secondary N) is 1. The van der Waals surface area contributed by atoms with Crippen LogP contribution in [0.2, 0.25) is 5.02 Å². The van der Waals surface area contributed by atoms with Crippen LogP contribution in [0.1, 0.15) is 37.8 Å². The van der Waals surface area contributed by atoms with E-state index in [0.717, 1.165) is 24.0 Å². The molecule has 0 bridgehead atoms. The SMILES string of the molecule is CCC(NC(COC)C1CC1)c1cccc(Cl)c1. The fraction of sp³-hybridized carbons (Fsp3) is 0.600. The maximum atomic E-state index is 6.07. The Hall–Kier alpha value is -0.570. The molecular formula is C15H22ClNO. The van der Waals surface area contributed by atoms with E-state index in [-0.39, 0.29) is 0 Å². The van der Waals surface area contributed by atoms with Gasteiger partial charge in [-0.2, -0.15) is 0 Å². The van der Waals surface area contributed by atoms with E-state index in [1.165, 1.54) is 18.4 Å². The van der Waals surface area contributed by atoms with E-state index in [1.54, 1.807) is 7.11 Å². The van der Waals surface area contributed by atoms with Gasteiger partial charge in [-0.25, -0.2) is 0 Å². The highest BCUT2D eigenvalue weighted by atomic mass is 35.5. The number of benzene rings is 1. The molecule has 0 aliphatic heterocycles. The van der Waals surface area contributed by atoms with Gasteiger partial charge in [0, 0.05) is 24.2 Å².